The van der Waals surface area contributed by atoms with Crippen LogP contribution in [0.1, 0.15) is 303 Å². The van der Waals surface area contributed by atoms with Crippen molar-refractivity contribution >= 4 is 23.9 Å². The monoisotopic (exact) mass is 1110 g/mol. The number of carbonyl (C=O) groups excluding carboxylic acids is 3. The molecule has 0 aromatic carbocycles. The lowest BCUT2D eigenvalue weighted by Crippen LogP contribution is -2.61. The summed E-state index contributed by atoms with van der Waals surface area (Å²) in [6.07, 6.45) is 55.0. The number of unbranched alkanes of at least 4 members (excludes halogenated alkanes) is 34. The second kappa shape index (κ2) is 55.2. The van der Waals surface area contributed by atoms with Gasteiger partial charge in [-0.05, 0) is 57.8 Å². The summed E-state index contributed by atoms with van der Waals surface area (Å²) in [6, 6.07) is 0. The predicted molar refractivity (Wildman–Crippen MR) is 322 cm³/mol. The number of carboxylic acids is 1. The number of hydrogen-bond donors (Lipinski definition) is 3. The summed E-state index contributed by atoms with van der Waals surface area (Å²) < 4.78 is 28.5. The second-order valence-corrected chi connectivity index (χ2v) is 22.4. The summed E-state index contributed by atoms with van der Waals surface area (Å²) in [5.41, 5.74) is 0. The van der Waals surface area contributed by atoms with E-state index >= 15 is 0 Å². The van der Waals surface area contributed by atoms with Crippen molar-refractivity contribution in [1.29, 1.82) is 0 Å². The molecule has 0 spiro atoms. The highest BCUT2D eigenvalue weighted by molar-refractivity contribution is 5.74. The van der Waals surface area contributed by atoms with Crippen LogP contribution >= 0.6 is 0 Å². The minimum absolute atomic E-state index is 0.0630. The molecule has 0 aromatic rings. The van der Waals surface area contributed by atoms with E-state index in [1.165, 1.54) is 148 Å². The van der Waals surface area contributed by atoms with Gasteiger partial charge in [-0.1, -0.05) is 275 Å². The smallest absolute Gasteiger partial charge is 0.335 e. The molecule has 0 radical (unpaired) electrons. The topological polar surface area (TPSA) is 175 Å². The van der Waals surface area contributed by atoms with Gasteiger partial charge >= 0.3 is 23.9 Å². The molecule has 1 fully saturated rings. The van der Waals surface area contributed by atoms with Crippen LogP contribution in [-0.4, -0.2) is 89.2 Å². The SMILES string of the molecule is CC/C=C\C/C=C\C/C=C\C/C=C\CCCCCCC(=O)OCC(COC1OC(C(=O)O)C(O)C(O)C1OC(=O)CCCCCCCCCCCCCCCCC)OC(=O)CCCCCCCCCCCCCCCCCCC. The van der Waals surface area contributed by atoms with E-state index in [2.05, 4.69) is 69.4 Å². The molecule has 1 aliphatic rings. The minimum atomic E-state index is -1.90. The largest absolute Gasteiger partial charge is 0.479 e. The molecule has 12 nitrogen and oxygen atoms in total. The summed E-state index contributed by atoms with van der Waals surface area (Å²) in [7, 11) is 0. The van der Waals surface area contributed by atoms with Crippen molar-refractivity contribution < 1.29 is 58.2 Å². The summed E-state index contributed by atoms with van der Waals surface area (Å²) in [6.45, 7) is 5.91. The van der Waals surface area contributed by atoms with Gasteiger partial charge in [-0.2, -0.15) is 0 Å². The summed E-state index contributed by atoms with van der Waals surface area (Å²) in [4.78, 5) is 51.3. The van der Waals surface area contributed by atoms with E-state index in [1.54, 1.807) is 0 Å². The molecule has 1 aliphatic heterocycles. The average Bonchev–Trinajstić information content (AvgIpc) is 3.46. The Bertz CT molecular complexity index is 1560. The molecule has 79 heavy (non-hydrogen) atoms. The van der Waals surface area contributed by atoms with E-state index in [0.717, 1.165) is 96.3 Å². The quantitative estimate of drug-likeness (QED) is 0.0228. The Hall–Kier alpha value is -3.32. The van der Waals surface area contributed by atoms with Gasteiger partial charge in [-0.25, -0.2) is 4.79 Å². The predicted octanol–water partition coefficient (Wildman–Crippen LogP) is 17.3. The molecule has 0 saturated carbocycles. The number of ether oxygens (including phenoxy) is 5. The number of carbonyl (C=O) groups is 4. The van der Waals surface area contributed by atoms with Gasteiger partial charge < -0.3 is 39.0 Å². The molecule has 6 unspecified atom stereocenters. The Kier molecular flexibility index (Phi) is 51.5. The van der Waals surface area contributed by atoms with Gasteiger partial charge in [0.25, 0.3) is 0 Å². The average molecular weight is 1120 g/mol. The molecule has 12 heteroatoms. The fourth-order valence-corrected chi connectivity index (χ4v) is 9.95. The van der Waals surface area contributed by atoms with Gasteiger partial charge in [0.2, 0.25) is 0 Å². The number of aliphatic hydroxyl groups excluding tert-OH is 2. The lowest BCUT2D eigenvalue weighted by Gasteiger charge is -2.40. The fourth-order valence-electron chi connectivity index (χ4n) is 9.95. The number of allylic oxidation sites excluding steroid dienone is 8. The molecule has 1 saturated heterocycles. The maximum absolute atomic E-state index is 13.2. The van der Waals surface area contributed by atoms with Crippen LogP contribution < -0.4 is 0 Å². The lowest BCUT2D eigenvalue weighted by molar-refractivity contribution is -0.301. The Morgan fingerprint density at radius 2 is 0.797 bits per heavy atom. The first kappa shape index (κ1) is 73.7. The maximum atomic E-state index is 13.2. The number of aliphatic carboxylic acids is 1. The van der Waals surface area contributed by atoms with E-state index in [-0.39, 0.29) is 25.9 Å². The number of hydrogen-bond acceptors (Lipinski definition) is 11. The van der Waals surface area contributed by atoms with Gasteiger partial charge in [0.1, 0.15) is 18.8 Å². The number of carboxylic acid groups (broad SMARTS) is 1. The van der Waals surface area contributed by atoms with Crippen molar-refractivity contribution in [3.63, 3.8) is 0 Å². The first-order chi connectivity index (χ1) is 38.6. The minimum Gasteiger partial charge on any atom is -0.479 e. The van der Waals surface area contributed by atoms with Gasteiger partial charge in [0.05, 0.1) is 6.61 Å². The second-order valence-electron chi connectivity index (χ2n) is 22.4. The summed E-state index contributed by atoms with van der Waals surface area (Å²) in [5, 5.41) is 31.6. The molecular formula is C67H118O12. The third-order valence-electron chi connectivity index (χ3n) is 14.9. The lowest BCUT2D eigenvalue weighted by atomic mass is 9.98. The summed E-state index contributed by atoms with van der Waals surface area (Å²) in [5.74, 6) is -3.12. The highest BCUT2D eigenvalue weighted by Crippen LogP contribution is 2.27. The molecule has 0 amide bonds. The zero-order chi connectivity index (χ0) is 57.5. The number of aliphatic hydroxyl groups is 2. The highest BCUT2D eigenvalue weighted by atomic mass is 16.7. The zero-order valence-electron chi connectivity index (χ0n) is 50.6. The number of esters is 3. The third kappa shape index (κ3) is 45.0. The van der Waals surface area contributed by atoms with Gasteiger partial charge in [-0.15, -0.1) is 0 Å². The van der Waals surface area contributed by atoms with Crippen molar-refractivity contribution in [2.45, 2.75) is 340 Å². The molecule has 458 valence electrons. The standard InChI is InChI=1S/C67H118O12/c1-4-7-10-13-16-19-22-25-28-30-33-35-38-41-44-47-50-53-59(68)75-56-58(77-60(69)54-51-48-45-42-39-37-34-31-29-26-23-20-17-14-11-8-5-2)57-76-67-65(63(72)62(71)64(79-67)66(73)74)78-61(70)55-52-49-46-43-40-36-32-27-24-21-18-15-12-9-6-3/h7,10,16,19,25,28,33,35,58,62-65,67,71-72H,4-6,8-9,11-15,17-18,20-24,26-27,29-32,34,36-57H2,1-3H3,(H,73,74)/b10-7-,19-16-,28-25-,35-33-. The Morgan fingerprint density at radius 1 is 0.430 bits per heavy atom. The van der Waals surface area contributed by atoms with Crippen molar-refractivity contribution in [3.05, 3.63) is 48.6 Å². The third-order valence-corrected chi connectivity index (χ3v) is 14.9. The molecule has 0 aliphatic carbocycles. The van der Waals surface area contributed by atoms with E-state index < -0.39 is 67.3 Å². The van der Waals surface area contributed by atoms with Crippen LogP contribution in [0.5, 0.6) is 0 Å². The van der Waals surface area contributed by atoms with Crippen LogP contribution in [0.25, 0.3) is 0 Å². The van der Waals surface area contributed by atoms with Crippen molar-refractivity contribution in [3.8, 4) is 0 Å². The van der Waals surface area contributed by atoms with Gasteiger partial charge in [0.15, 0.2) is 24.6 Å². The van der Waals surface area contributed by atoms with Crippen molar-refractivity contribution in [1.82, 2.24) is 0 Å². The zero-order valence-corrected chi connectivity index (χ0v) is 50.6. The maximum Gasteiger partial charge on any atom is 0.335 e. The molecular weight excluding hydrogens is 997 g/mol. The first-order valence-electron chi connectivity index (χ1n) is 32.6. The van der Waals surface area contributed by atoms with Crippen molar-refractivity contribution in [2.75, 3.05) is 13.2 Å². The van der Waals surface area contributed by atoms with Crippen molar-refractivity contribution in [2.24, 2.45) is 0 Å². The normalized spacial score (nSPS) is 18.1. The van der Waals surface area contributed by atoms with Crippen LogP contribution in [0.15, 0.2) is 48.6 Å². The van der Waals surface area contributed by atoms with Gasteiger partial charge in [-0.3, -0.25) is 14.4 Å². The van der Waals surface area contributed by atoms with E-state index in [1.807, 2.05) is 0 Å². The highest BCUT2D eigenvalue weighted by Gasteiger charge is 2.50. The van der Waals surface area contributed by atoms with Crippen LogP contribution in [0.3, 0.4) is 0 Å². The molecule has 1 rings (SSSR count). The summed E-state index contributed by atoms with van der Waals surface area (Å²) >= 11 is 0. The molecule has 0 aromatic heterocycles. The molecule has 0 bridgehead atoms. The molecule has 3 N–H and O–H groups in total. The van der Waals surface area contributed by atoms with Crippen LogP contribution in [0.4, 0.5) is 0 Å². The van der Waals surface area contributed by atoms with E-state index in [9.17, 15) is 34.5 Å². The first-order valence-corrected chi connectivity index (χ1v) is 32.6. The molecule has 6 atom stereocenters. The Morgan fingerprint density at radius 3 is 1.22 bits per heavy atom. The van der Waals surface area contributed by atoms with Crippen LogP contribution in [-0.2, 0) is 42.9 Å². The van der Waals surface area contributed by atoms with Crippen LogP contribution in [0.2, 0.25) is 0 Å². The van der Waals surface area contributed by atoms with Crippen LogP contribution in [0, 0.1) is 0 Å². The molecule has 1 heterocycles. The number of rotatable bonds is 56. The fraction of sp³-hybridized carbons (Fsp3) is 0.821. The Balaban J connectivity index is 2.67. The Labute approximate surface area is 482 Å². The van der Waals surface area contributed by atoms with Gasteiger partial charge in [0, 0.05) is 19.3 Å². The van der Waals surface area contributed by atoms with E-state index in [0.29, 0.717) is 19.3 Å². The van der Waals surface area contributed by atoms with E-state index in [4.69, 9.17) is 23.7 Å².